The van der Waals surface area contributed by atoms with Gasteiger partial charge in [-0.25, -0.2) is 8.42 Å². The first-order chi connectivity index (χ1) is 11.6. The number of hydrogen-bond acceptors (Lipinski definition) is 4. The number of hydrogen-bond donors (Lipinski definition) is 1. The van der Waals surface area contributed by atoms with Crippen molar-refractivity contribution in [1.29, 1.82) is 0 Å². The molecule has 0 saturated carbocycles. The lowest BCUT2D eigenvalue weighted by molar-refractivity contribution is 0.301. The van der Waals surface area contributed by atoms with Crippen LogP contribution in [0.25, 0.3) is 0 Å². The van der Waals surface area contributed by atoms with Gasteiger partial charge in [0.2, 0.25) is 0 Å². The molecule has 0 spiro atoms. The number of benzene rings is 2. The van der Waals surface area contributed by atoms with E-state index in [0.717, 1.165) is 5.69 Å². The van der Waals surface area contributed by atoms with Crippen molar-refractivity contribution < 1.29 is 13.2 Å². The molecule has 0 fully saturated rings. The number of nitrogens with zero attached hydrogens (tertiary/aromatic N) is 1. The van der Waals surface area contributed by atoms with Crippen molar-refractivity contribution in [1.82, 2.24) is 4.98 Å². The Hall–Kier alpha value is -2.86. The molecule has 0 unspecified atom stereocenters. The van der Waals surface area contributed by atoms with Gasteiger partial charge >= 0.3 is 0 Å². The van der Waals surface area contributed by atoms with E-state index >= 15 is 0 Å². The lowest BCUT2D eigenvalue weighted by Crippen LogP contribution is -2.12. The Bertz CT molecular complexity index is 898. The lowest BCUT2D eigenvalue weighted by atomic mass is 10.3. The molecule has 0 atom stereocenters. The van der Waals surface area contributed by atoms with Gasteiger partial charge in [-0.2, -0.15) is 0 Å². The summed E-state index contributed by atoms with van der Waals surface area (Å²) in [5.41, 5.74) is 1.24. The van der Waals surface area contributed by atoms with Gasteiger partial charge in [0.25, 0.3) is 10.0 Å². The summed E-state index contributed by atoms with van der Waals surface area (Å²) in [4.78, 5) is 4.39. The van der Waals surface area contributed by atoms with Crippen LogP contribution in [0.3, 0.4) is 0 Å². The Morgan fingerprint density at radius 1 is 0.917 bits per heavy atom. The second-order valence-electron chi connectivity index (χ2n) is 5.06. The second kappa shape index (κ2) is 7.14. The highest BCUT2D eigenvalue weighted by molar-refractivity contribution is 7.92. The first-order valence-electron chi connectivity index (χ1n) is 7.34. The van der Waals surface area contributed by atoms with Crippen LogP contribution in [0.15, 0.2) is 83.9 Å². The summed E-state index contributed by atoms with van der Waals surface area (Å²) < 4.78 is 32.9. The maximum absolute atomic E-state index is 12.3. The zero-order chi connectivity index (χ0) is 16.8. The quantitative estimate of drug-likeness (QED) is 0.746. The normalized spacial score (nSPS) is 11.0. The summed E-state index contributed by atoms with van der Waals surface area (Å²) in [5.74, 6) is 0.564. The van der Waals surface area contributed by atoms with Crippen LogP contribution in [0.1, 0.15) is 5.69 Å². The number of nitrogens with one attached hydrogen (secondary N) is 1. The average molecular weight is 340 g/mol. The Kier molecular flexibility index (Phi) is 4.77. The molecule has 6 heteroatoms. The fourth-order valence-electron chi connectivity index (χ4n) is 2.10. The molecule has 0 amide bonds. The van der Waals surface area contributed by atoms with Crippen LogP contribution in [0.4, 0.5) is 5.69 Å². The third-order valence-electron chi connectivity index (χ3n) is 3.25. The molecule has 5 nitrogen and oxygen atoms in total. The van der Waals surface area contributed by atoms with Gasteiger partial charge < -0.3 is 4.74 Å². The molecule has 0 aliphatic rings. The molecule has 1 aromatic heterocycles. The molecule has 0 bridgehead atoms. The highest BCUT2D eigenvalue weighted by atomic mass is 32.2. The van der Waals surface area contributed by atoms with Crippen molar-refractivity contribution in [3.8, 4) is 5.75 Å². The molecule has 24 heavy (non-hydrogen) atoms. The minimum atomic E-state index is -3.62. The molecule has 2 aromatic carbocycles. The summed E-state index contributed by atoms with van der Waals surface area (Å²) in [5, 5.41) is 0. The Labute approximate surface area is 141 Å². The predicted octanol–water partition coefficient (Wildman–Crippen LogP) is 3.46. The van der Waals surface area contributed by atoms with E-state index in [0.29, 0.717) is 18.0 Å². The zero-order valence-electron chi connectivity index (χ0n) is 12.8. The number of pyridine rings is 1. The largest absolute Gasteiger partial charge is 0.487 e. The van der Waals surface area contributed by atoms with E-state index in [1.54, 1.807) is 60.8 Å². The summed E-state index contributed by atoms with van der Waals surface area (Å²) in [6.45, 7) is 0.315. The number of sulfonamides is 1. The first kappa shape index (κ1) is 16.0. The molecule has 0 radical (unpaired) electrons. The van der Waals surface area contributed by atoms with Crippen LogP contribution in [-0.2, 0) is 16.6 Å². The lowest BCUT2D eigenvalue weighted by Gasteiger charge is -2.10. The molecule has 3 aromatic rings. The minimum Gasteiger partial charge on any atom is -0.487 e. The van der Waals surface area contributed by atoms with E-state index in [1.807, 2.05) is 18.2 Å². The van der Waals surface area contributed by atoms with E-state index in [4.69, 9.17) is 4.74 Å². The average Bonchev–Trinajstić information content (AvgIpc) is 2.62. The molecule has 1 heterocycles. The SMILES string of the molecule is O=S(=O)(Nc1cccc(OCc2ccccn2)c1)c1ccccc1. The van der Waals surface area contributed by atoms with Gasteiger partial charge in [-0.15, -0.1) is 0 Å². The summed E-state index contributed by atoms with van der Waals surface area (Å²) in [7, 11) is -3.62. The van der Waals surface area contributed by atoms with Gasteiger partial charge in [0, 0.05) is 12.3 Å². The molecular weight excluding hydrogens is 324 g/mol. The summed E-state index contributed by atoms with van der Waals surface area (Å²) in [6.07, 6.45) is 1.70. The fourth-order valence-corrected chi connectivity index (χ4v) is 3.17. The van der Waals surface area contributed by atoms with Crippen molar-refractivity contribution in [3.63, 3.8) is 0 Å². The van der Waals surface area contributed by atoms with Crippen LogP contribution in [-0.4, -0.2) is 13.4 Å². The maximum Gasteiger partial charge on any atom is 0.261 e. The van der Waals surface area contributed by atoms with E-state index < -0.39 is 10.0 Å². The van der Waals surface area contributed by atoms with Crippen molar-refractivity contribution in [3.05, 3.63) is 84.7 Å². The van der Waals surface area contributed by atoms with Crippen LogP contribution in [0.5, 0.6) is 5.75 Å². The first-order valence-corrected chi connectivity index (χ1v) is 8.82. The number of ether oxygens (including phenoxy) is 1. The van der Waals surface area contributed by atoms with E-state index in [2.05, 4.69) is 9.71 Å². The predicted molar refractivity (Wildman–Crippen MR) is 92.3 cm³/mol. The van der Waals surface area contributed by atoms with E-state index in [1.165, 1.54) is 0 Å². The second-order valence-corrected chi connectivity index (χ2v) is 6.74. The fraction of sp³-hybridized carbons (Fsp3) is 0.0556. The molecule has 0 aliphatic heterocycles. The molecule has 3 rings (SSSR count). The minimum absolute atomic E-state index is 0.213. The summed E-state index contributed by atoms with van der Waals surface area (Å²) >= 11 is 0. The monoisotopic (exact) mass is 340 g/mol. The van der Waals surface area contributed by atoms with Gasteiger partial charge in [0.1, 0.15) is 12.4 Å². The van der Waals surface area contributed by atoms with Crippen LogP contribution < -0.4 is 9.46 Å². The van der Waals surface area contributed by atoms with E-state index in [9.17, 15) is 8.42 Å². The highest BCUT2D eigenvalue weighted by Crippen LogP contribution is 2.21. The number of rotatable bonds is 6. The molecule has 1 N–H and O–H groups in total. The van der Waals surface area contributed by atoms with Gasteiger partial charge in [-0.05, 0) is 36.4 Å². The summed E-state index contributed by atoms with van der Waals surface area (Å²) in [6, 6.07) is 20.6. The van der Waals surface area contributed by atoms with E-state index in [-0.39, 0.29) is 4.90 Å². The van der Waals surface area contributed by atoms with Gasteiger partial charge in [0.05, 0.1) is 16.3 Å². The van der Waals surface area contributed by atoms with Crippen molar-refractivity contribution in [2.75, 3.05) is 4.72 Å². The number of aromatic nitrogens is 1. The van der Waals surface area contributed by atoms with Gasteiger partial charge in [-0.3, -0.25) is 9.71 Å². The van der Waals surface area contributed by atoms with Crippen molar-refractivity contribution in [2.24, 2.45) is 0 Å². The topological polar surface area (TPSA) is 68.3 Å². The Balaban J connectivity index is 1.71. The number of anilines is 1. The molecule has 122 valence electrons. The third kappa shape index (κ3) is 4.11. The molecule has 0 saturated heterocycles. The molecule has 0 aliphatic carbocycles. The van der Waals surface area contributed by atoms with Crippen LogP contribution in [0.2, 0.25) is 0 Å². The van der Waals surface area contributed by atoms with Crippen molar-refractivity contribution in [2.45, 2.75) is 11.5 Å². The third-order valence-corrected chi connectivity index (χ3v) is 4.65. The van der Waals surface area contributed by atoms with Crippen LogP contribution in [0, 0.1) is 0 Å². The smallest absolute Gasteiger partial charge is 0.261 e. The van der Waals surface area contributed by atoms with Gasteiger partial charge in [0.15, 0.2) is 0 Å². The van der Waals surface area contributed by atoms with Crippen molar-refractivity contribution >= 4 is 15.7 Å². The molecular formula is C18H16N2O3S. The highest BCUT2D eigenvalue weighted by Gasteiger charge is 2.13. The standard InChI is InChI=1S/C18H16N2O3S/c21-24(22,18-10-2-1-3-11-18)20-15-8-6-9-17(13-15)23-14-16-7-4-5-12-19-16/h1-13,20H,14H2. The Morgan fingerprint density at radius 2 is 1.71 bits per heavy atom. The Morgan fingerprint density at radius 3 is 2.46 bits per heavy atom. The van der Waals surface area contributed by atoms with Gasteiger partial charge in [-0.1, -0.05) is 30.3 Å². The maximum atomic E-state index is 12.3. The van der Waals surface area contributed by atoms with Crippen LogP contribution >= 0.6 is 0 Å². The zero-order valence-corrected chi connectivity index (χ0v) is 13.6.